The van der Waals surface area contributed by atoms with Crippen LogP contribution in [0.4, 0.5) is 20.2 Å². The molecule has 1 aromatic carbocycles. The van der Waals surface area contributed by atoms with E-state index in [9.17, 15) is 18.9 Å². The Hall–Kier alpha value is -1.76. The molecule has 0 spiro atoms. The van der Waals surface area contributed by atoms with Crippen molar-refractivity contribution in [2.75, 3.05) is 18.5 Å². The molecule has 0 unspecified atom stereocenters. The maximum atomic E-state index is 12.0. The molecule has 1 rings (SSSR count). The molecule has 0 amide bonds. The van der Waals surface area contributed by atoms with E-state index >= 15 is 0 Å². The first-order valence-electron chi connectivity index (χ1n) is 5.92. The summed E-state index contributed by atoms with van der Waals surface area (Å²) in [6, 6.07) is 4.50. The van der Waals surface area contributed by atoms with Crippen molar-refractivity contribution >= 4 is 11.4 Å². The van der Waals surface area contributed by atoms with E-state index in [2.05, 4.69) is 5.32 Å². The minimum absolute atomic E-state index is 0.0772. The Labute approximate surface area is 109 Å². The summed E-state index contributed by atoms with van der Waals surface area (Å²) < 4.78 is 28.8. The molecule has 106 valence electrons. The summed E-state index contributed by atoms with van der Waals surface area (Å²) in [6.45, 7) is 1.72. The van der Waals surface area contributed by atoms with Crippen LogP contribution in [0.25, 0.3) is 0 Å². The first kappa shape index (κ1) is 15.3. The summed E-state index contributed by atoms with van der Waals surface area (Å²) in [5, 5.41) is 13.9. The number of nitrogens with one attached hydrogen (secondary N) is 1. The molecular formula is C12H16F2N2O3. The van der Waals surface area contributed by atoms with E-state index in [1.807, 2.05) is 6.92 Å². The molecular weight excluding hydrogens is 258 g/mol. The fraction of sp³-hybridized carbons (Fsp3) is 0.500. The highest BCUT2D eigenvalue weighted by Crippen LogP contribution is 2.28. The van der Waals surface area contributed by atoms with E-state index in [1.165, 1.54) is 12.1 Å². The van der Waals surface area contributed by atoms with Gasteiger partial charge in [0, 0.05) is 18.2 Å². The SMILES string of the molecule is CCCNc1c(COCC(F)F)cccc1[N+](=O)[O-]. The average Bonchev–Trinajstić information content (AvgIpc) is 2.36. The highest BCUT2D eigenvalue weighted by Gasteiger charge is 2.17. The number of hydrogen-bond acceptors (Lipinski definition) is 4. The smallest absolute Gasteiger partial charge is 0.292 e. The predicted octanol–water partition coefficient (Wildman–Crippen LogP) is 3.20. The first-order chi connectivity index (χ1) is 9.06. The van der Waals surface area contributed by atoms with Crippen LogP contribution in [0.1, 0.15) is 18.9 Å². The number of anilines is 1. The summed E-state index contributed by atoms with van der Waals surface area (Å²) >= 11 is 0. The van der Waals surface area contributed by atoms with E-state index in [-0.39, 0.29) is 12.3 Å². The number of para-hydroxylation sites is 1. The molecule has 0 fully saturated rings. The van der Waals surface area contributed by atoms with E-state index in [0.29, 0.717) is 17.8 Å². The normalized spacial score (nSPS) is 10.7. The molecule has 5 nitrogen and oxygen atoms in total. The number of nitro benzene ring substituents is 1. The lowest BCUT2D eigenvalue weighted by atomic mass is 10.1. The van der Waals surface area contributed by atoms with Gasteiger partial charge in [-0.1, -0.05) is 19.1 Å². The van der Waals surface area contributed by atoms with Crippen LogP contribution in [0.5, 0.6) is 0 Å². The van der Waals surface area contributed by atoms with Crippen molar-refractivity contribution in [3.63, 3.8) is 0 Å². The quantitative estimate of drug-likeness (QED) is 0.584. The van der Waals surface area contributed by atoms with Gasteiger partial charge in [-0.25, -0.2) is 8.78 Å². The fourth-order valence-corrected chi connectivity index (χ4v) is 1.57. The van der Waals surface area contributed by atoms with E-state index < -0.39 is 18.0 Å². The van der Waals surface area contributed by atoms with Crippen LogP contribution in [0.2, 0.25) is 0 Å². The summed E-state index contributed by atoms with van der Waals surface area (Å²) in [4.78, 5) is 10.4. The molecule has 0 aromatic heterocycles. The molecule has 7 heteroatoms. The van der Waals surface area contributed by atoms with Crippen LogP contribution in [0, 0.1) is 10.1 Å². The predicted molar refractivity (Wildman–Crippen MR) is 67.5 cm³/mol. The Morgan fingerprint density at radius 2 is 2.21 bits per heavy atom. The lowest BCUT2D eigenvalue weighted by molar-refractivity contribution is -0.384. The van der Waals surface area contributed by atoms with Gasteiger partial charge in [-0.2, -0.15) is 0 Å². The number of halogens is 2. The van der Waals surface area contributed by atoms with Gasteiger partial charge in [0.1, 0.15) is 12.3 Å². The van der Waals surface area contributed by atoms with Crippen molar-refractivity contribution in [1.29, 1.82) is 0 Å². The third kappa shape index (κ3) is 4.78. The Kier molecular flexibility index (Phi) is 6.14. The first-order valence-corrected chi connectivity index (χ1v) is 5.92. The number of hydrogen-bond donors (Lipinski definition) is 1. The molecule has 0 atom stereocenters. The van der Waals surface area contributed by atoms with Crippen molar-refractivity contribution < 1.29 is 18.4 Å². The van der Waals surface area contributed by atoms with Gasteiger partial charge in [0.2, 0.25) is 0 Å². The van der Waals surface area contributed by atoms with E-state index in [0.717, 1.165) is 6.42 Å². The third-order valence-electron chi connectivity index (χ3n) is 2.38. The lowest BCUT2D eigenvalue weighted by Gasteiger charge is -2.12. The van der Waals surface area contributed by atoms with Crippen molar-refractivity contribution in [2.24, 2.45) is 0 Å². The van der Waals surface area contributed by atoms with Gasteiger partial charge in [-0.05, 0) is 6.42 Å². The van der Waals surface area contributed by atoms with Gasteiger partial charge in [0.25, 0.3) is 12.1 Å². The Morgan fingerprint density at radius 3 is 2.79 bits per heavy atom. The van der Waals surface area contributed by atoms with E-state index in [1.54, 1.807) is 6.07 Å². The maximum Gasteiger partial charge on any atom is 0.292 e. The van der Waals surface area contributed by atoms with Crippen LogP contribution in [-0.2, 0) is 11.3 Å². The molecule has 0 radical (unpaired) electrons. The topological polar surface area (TPSA) is 64.4 Å². The average molecular weight is 274 g/mol. The zero-order valence-corrected chi connectivity index (χ0v) is 10.6. The zero-order chi connectivity index (χ0) is 14.3. The van der Waals surface area contributed by atoms with Gasteiger partial charge in [0.05, 0.1) is 11.5 Å². The summed E-state index contributed by atoms with van der Waals surface area (Å²) in [5.74, 6) is 0. The number of ether oxygens (including phenoxy) is 1. The van der Waals surface area contributed by atoms with Gasteiger partial charge in [0.15, 0.2) is 0 Å². The third-order valence-corrected chi connectivity index (χ3v) is 2.38. The van der Waals surface area contributed by atoms with Gasteiger partial charge >= 0.3 is 0 Å². The minimum Gasteiger partial charge on any atom is -0.379 e. The molecule has 0 saturated carbocycles. The van der Waals surface area contributed by atoms with Crippen LogP contribution in [0.3, 0.4) is 0 Å². The standard InChI is InChI=1S/C12H16F2N2O3/c1-2-6-15-12-9(7-19-8-11(13)14)4-3-5-10(12)16(17)18/h3-5,11,15H,2,6-8H2,1H3. The number of nitro groups is 1. The van der Waals surface area contributed by atoms with Crippen molar-refractivity contribution in [1.82, 2.24) is 0 Å². The molecule has 0 aliphatic heterocycles. The minimum atomic E-state index is -2.55. The Morgan fingerprint density at radius 1 is 1.47 bits per heavy atom. The Bertz CT molecular complexity index is 427. The second-order valence-electron chi connectivity index (χ2n) is 3.90. The van der Waals surface area contributed by atoms with Crippen molar-refractivity contribution in [3.8, 4) is 0 Å². The molecule has 0 saturated heterocycles. The molecule has 0 heterocycles. The fourth-order valence-electron chi connectivity index (χ4n) is 1.57. The molecule has 1 N–H and O–H groups in total. The molecule has 0 aliphatic rings. The van der Waals surface area contributed by atoms with Gasteiger partial charge in [-0.15, -0.1) is 0 Å². The number of rotatable bonds is 8. The van der Waals surface area contributed by atoms with E-state index in [4.69, 9.17) is 4.74 Å². The van der Waals surface area contributed by atoms with Crippen LogP contribution in [-0.4, -0.2) is 24.5 Å². The van der Waals surface area contributed by atoms with Gasteiger partial charge in [-0.3, -0.25) is 10.1 Å². The second-order valence-corrected chi connectivity index (χ2v) is 3.90. The molecule has 0 aliphatic carbocycles. The molecule has 1 aromatic rings. The summed E-state index contributed by atoms with van der Waals surface area (Å²) in [6.07, 6.45) is -1.76. The lowest BCUT2D eigenvalue weighted by Crippen LogP contribution is -2.09. The highest BCUT2D eigenvalue weighted by molar-refractivity contribution is 5.66. The monoisotopic (exact) mass is 274 g/mol. The van der Waals surface area contributed by atoms with Crippen molar-refractivity contribution in [3.05, 3.63) is 33.9 Å². The summed E-state index contributed by atoms with van der Waals surface area (Å²) in [5.41, 5.74) is 0.763. The van der Waals surface area contributed by atoms with Crippen LogP contribution in [0.15, 0.2) is 18.2 Å². The summed E-state index contributed by atoms with van der Waals surface area (Å²) in [7, 11) is 0. The largest absolute Gasteiger partial charge is 0.379 e. The number of alkyl halides is 2. The van der Waals surface area contributed by atoms with Crippen LogP contribution < -0.4 is 5.32 Å². The molecule has 19 heavy (non-hydrogen) atoms. The maximum absolute atomic E-state index is 12.0. The second kappa shape index (κ2) is 7.63. The Balaban J connectivity index is 2.88. The van der Waals surface area contributed by atoms with Crippen LogP contribution >= 0.6 is 0 Å². The zero-order valence-electron chi connectivity index (χ0n) is 10.6. The molecule has 0 bridgehead atoms. The number of nitrogens with zero attached hydrogens (tertiary/aromatic N) is 1. The highest BCUT2D eigenvalue weighted by atomic mass is 19.3. The van der Waals surface area contributed by atoms with Gasteiger partial charge < -0.3 is 10.1 Å². The number of benzene rings is 1. The van der Waals surface area contributed by atoms with Crippen molar-refractivity contribution in [2.45, 2.75) is 26.4 Å².